The van der Waals surface area contributed by atoms with Gasteiger partial charge in [0.05, 0.1) is 40.6 Å². The Hall–Kier alpha value is -3.27. The molecule has 3 aromatic carbocycles. The number of ether oxygens (including phenoxy) is 2. The summed E-state index contributed by atoms with van der Waals surface area (Å²) in [5.74, 6) is 0.400. The molecule has 35 heavy (non-hydrogen) atoms. The number of benzene rings is 3. The molecule has 0 spiro atoms. The fourth-order valence-corrected chi connectivity index (χ4v) is 4.84. The van der Waals surface area contributed by atoms with Gasteiger partial charge in [0.2, 0.25) is 0 Å². The molecule has 1 N–H and O–H groups in total. The smallest absolute Gasteiger partial charge is 0.264 e. The third kappa shape index (κ3) is 6.25. The lowest BCUT2D eigenvalue weighted by Gasteiger charge is -2.24. The summed E-state index contributed by atoms with van der Waals surface area (Å²) in [6, 6.07) is 17.3. The van der Waals surface area contributed by atoms with Gasteiger partial charge in [-0.1, -0.05) is 41.4 Å². The molecule has 1 amide bonds. The molecule has 0 aliphatic carbocycles. The van der Waals surface area contributed by atoms with Crippen LogP contribution in [0, 0.1) is 0 Å². The summed E-state index contributed by atoms with van der Waals surface area (Å²) in [7, 11) is -1.05. The highest BCUT2D eigenvalue weighted by Crippen LogP contribution is 2.30. The van der Waals surface area contributed by atoms with Gasteiger partial charge in [-0.2, -0.15) is 5.10 Å². The molecular weight excluding hydrogens is 513 g/mol. The van der Waals surface area contributed by atoms with Crippen molar-refractivity contribution < 1.29 is 22.7 Å². The van der Waals surface area contributed by atoms with Crippen LogP contribution >= 0.6 is 23.2 Å². The molecule has 3 rings (SSSR count). The summed E-state index contributed by atoms with van der Waals surface area (Å²) in [5, 5.41) is 4.52. The molecule has 11 heteroatoms. The van der Waals surface area contributed by atoms with Gasteiger partial charge in [0, 0.05) is 5.56 Å². The van der Waals surface area contributed by atoms with Gasteiger partial charge >= 0.3 is 0 Å². The minimum absolute atomic E-state index is 0.0175. The Morgan fingerprint density at radius 3 is 2.26 bits per heavy atom. The van der Waals surface area contributed by atoms with E-state index in [2.05, 4.69) is 10.5 Å². The number of hydrogen-bond donors (Lipinski definition) is 1. The predicted octanol–water partition coefficient (Wildman–Crippen LogP) is 4.75. The van der Waals surface area contributed by atoms with E-state index in [9.17, 15) is 13.2 Å². The highest BCUT2D eigenvalue weighted by molar-refractivity contribution is 7.92. The first-order chi connectivity index (χ1) is 16.7. The Morgan fingerprint density at radius 1 is 0.943 bits per heavy atom. The van der Waals surface area contributed by atoms with Gasteiger partial charge in [-0.3, -0.25) is 9.10 Å². The zero-order chi connectivity index (χ0) is 25.6. The average molecular weight is 536 g/mol. The molecule has 0 unspecified atom stereocenters. The van der Waals surface area contributed by atoms with Crippen molar-refractivity contribution in [3.05, 3.63) is 82.3 Å². The van der Waals surface area contributed by atoms with Crippen LogP contribution in [0.5, 0.6) is 11.5 Å². The van der Waals surface area contributed by atoms with Gasteiger partial charge in [0.25, 0.3) is 15.9 Å². The van der Waals surface area contributed by atoms with E-state index in [1.165, 1.54) is 44.6 Å². The van der Waals surface area contributed by atoms with E-state index in [1.807, 2.05) is 0 Å². The fourth-order valence-electron chi connectivity index (χ4n) is 3.11. The number of nitrogens with zero attached hydrogens (tertiary/aromatic N) is 2. The minimum atomic E-state index is -4.09. The second kappa shape index (κ2) is 11.4. The summed E-state index contributed by atoms with van der Waals surface area (Å²) in [6.45, 7) is 1.15. The Bertz CT molecular complexity index is 1350. The highest BCUT2D eigenvalue weighted by atomic mass is 35.5. The van der Waals surface area contributed by atoms with Crippen molar-refractivity contribution in [1.82, 2.24) is 5.43 Å². The first kappa shape index (κ1) is 26.3. The number of hydrogen-bond acceptors (Lipinski definition) is 6. The van der Waals surface area contributed by atoms with Crippen LogP contribution in [-0.4, -0.2) is 40.8 Å². The van der Waals surface area contributed by atoms with E-state index in [0.29, 0.717) is 22.8 Å². The largest absolute Gasteiger partial charge is 0.493 e. The standard InChI is InChI=1S/C24H23Cl2N3O5S/c1-16(17-9-12-22(33-2)23(13-17)34-3)27-28-24(30)15-29(18-10-11-20(25)21(26)14-18)35(31,32)19-7-5-4-6-8-19/h4-14H,15H2,1-3H3,(H,28,30)/b27-16-. The normalized spacial score (nSPS) is 11.6. The maximum Gasteiger partial charge on any atom is 0.264 e. The second-order valence-corrected chi connectivity index (χ2v) is 9.90. The van der Waals surface area contributed by atoms with Crippen molar-refractivity contribution in [2.45, 2.75) is 11.8 Å². The van der Waals surface area contributed by atoms with Gasteiger partial charge in [0.15, 0.2) is 11.5 Å². The molecule has 184 valence electrons. The van der Waals surface area contributed by atoms with Gasteiger partial charge < -0.3 is 9.47 Å². The molecule has 0 saturated carbocycles. The number of methoxy groups -OCH3 is 2. The van der Waals surface area contributed by atoms with Gasteiger partial charge in [-0.15, -0.1) is 0 Å². The lowest BCUT2D eigenvalue weighted by molar-refractivity contribution is -0.119. The molecule has 0 radical (unpaired) electrons. The molecule has 0 heterocycles. The van der Waals surface area contributed by atoms with Crippen molar-refractivity contribution in [3.63, 3.8) is 0 Å². The van der Waals surface area contributed by atoms with Crippen molar-refractivity contribution >= 4 is 50.5 Å². The maximum absolute atomic E-state index is 13.4. The van der Waals surface area contributed by atoms with Gasteiger partial charge in [-0.25, -0.2) is 13.8 Å². The fraction of sp³-hybridized carbons (Fsp3) is 0.167. The van der Waals surface area contributed by atoms with Crippen molar-refractivity contribution in [3.8, 4) is 11.5 Å². The van der Waals surface area contributed by atoms with E-state index >= 15 is 0 Å². The molecule has 3 aromatic rings. The summed E-state index contributed by atoms with van der Waals surface area (Å²) in [5.41, 5.74) is 3.75. The van der Waals surface area contributed by atoms with Crippen LogP contribution in [0.2, 0.25) is 10.0 Å². The monoisotopic (exact) mass is 535 g/mol. The minimum Gasteiger partial charge on any atom is -0.493 e. The molecular formula is C24H23Cl2N3O5S. The number of carbonyl (C=O) groups excluding carboxylic acids is 1. The molecule has 0 bridgehead atoms. The summed E-state index contributed by atoms with van der Waals surface area (Å²) >= 11 is 12.1. The van der Waals surface area contributed by atoms with Crippen LogP contribution in [0.1, 0.15) is 12.5 Å². The van der Waals surface area contributed by atoms with Crippen molar-refractivity contribution in [2.75, 3.05) is 25.1 Å². The molecule has 8 nitrogen and oxygen atoms in total. The molecule has 0 aliphatic rings. The Kier molecular flexibility index (Phi) is 8.61. The van der Waals surface area contributed by atoms with E-state index in [4.69, 9.17) is 32.7 Å². The third-order valence-electron chi connectivity index (χ3n) is 4.96. The van der Waals surface area contributed by atoms with Gasteiger partial charge in [0.1, 0.15) is 6.54 Å². The van der Waals surface area contributed by atoms with Crippen LogP contribution in [0.25, 0.3) is 0 Å². The van der Waals surface area contributed by atoms with Crippen LogP contribution in [0.3, 0.4) is 0 Å². The Balaban J connectivity index is 1.87. The highest BCUT2D eigenvalue weighted by Gasteiger charge is 2.27. The Morgan fingerprint density at radius 2 is 1.63 bits per heavy atom. The molecule has 0 aliphatic heterocycles. The molecule has 0 atom stereocenters. The first-order valence-corrected chi connectivity index (χ1v) is 12.5. The number of sulfonamides is 1. The van der Waals surface area contributed by atoms with Crippen LogP contribution in [-0.2, 0) is 14.8 Å². The number of nitrogens with one attached hydrogen (secondary N) is 1. The van der Waals surface area contributed by atoms with E-state index in [1.54, 1.807) is 43.3 Å². The SMILES string of the molecule is COc1ccc(/C(C)=N\NC(=O)CN(c2ccc(Cl)c(Cl)c2)S(=O)(=O)c2ccccc2)cc1OC. The summed E-state index contributed by atoms with van der Waals surface area (Å²) < 4.78 is 38.2. The predicted molar refractivity (Wildman–Crippen MR) is 137 cm³/mol. The maximum atomic E-state index is 13.4. The molecule has 0 saturated heterocycles. The number of carbonyl (C=O) groups is 1. The van der Waals surface area contributed by atoms with Crippen molar-refractivity contribution in [2.24, 2.45) is 5.10 Å². The zero-order valence-corrected chi connectivity index (χ0v) is 21.5. The number of amides is 1. The number of anilines is 1. The van der Waals surface area contributed by atoms with Gasteiger partial charge in [-0.05, 0) is 55.5 Å². The summed E-state index contributed by atoms with van der Waals surface area (Å²) in [6.07, 6.45) is 0. The number of rotatable bonds is 9. The van der Waals surface area contributed by atoms with E-state index < -0.39 is 22.5 Å². The lowest BCUT2D eigenvalue weighted by Crippen LogP contribution is -2.39. The molecule has 0 fully saturated rings. The topological polar surface area (TPSA) is 97.3 Å². The lowest BCUT2D eigenvalue weighted by atomic mass is 10.1. The van der Waals surface area contributed by atoms with Crippen LogP contribution in [0.15, 0.2) is 76.7 Å². The second-order valence-electron chi connectivity index (χ2n) is 7.23. The van der Waals surface area contributed by atoms with Crippen LogP contribution in [0.4, 0.5) is 5.69 Å². The van der Waals surface area contributed by atoms with E-state index in [0.717, 1.165) is 4.31 Å². The average Bonchev–Trinajstić information content (AvgIpc) is 2.87. The third-order valence-corrected chi connectivity index (χ3v) is 7.49. The van der Waals surface area contributed by atoms with Crippen molar-refractivity contribution in [1.29, 1.82) is 0 Å². The van der Waals surface area contributed by atoms with Crippen LogP contribution < -0.4 is 19.2 Å². The summed E-state index contributed by atoms with van der Waals surface area (Å²) in [4.78, 5) is 12.8. The molecule has 0 aromatic heterocycles. The number of hydrazone groups is 1. The quantitative estimate of drug-likeness (QED) is 0.315. The van der Waals surface area contributed by atoms with E-state index in [-0.39, 0.29) is 20.6 Å². The first-order valence-electron chi connectivity index (χ1n) is 10.3. The number of halogens is 2. The Labute approximate surface area is 214 Å². The zero-order valence-electron chi connectivity index (χ0n) is 19.2.